The minimum atomic E-state index is -0.230. The molecular formula is C22H25N3O4. The van der Waals surface area contributed by atoms with Crippen molar-refractivity contribution in [3.05, 3.63) is 70.8 Å². The van der Waals surface area contributed by atoms with Crippen LogP contribution in [0.1, 0.15) is 12.5 Å². The molecule has 3 rings (SSSR count). The molecule has 1 N–H and O–H groups in total. The molecule has 0 spiro atoms. The van der Waals surface area contributed by atoms with Crippen molar-refractivity contribution >= 4 is 5.82 Å². The minimum Gasteiger partial charge on any atom is -0.493 e. The fourth-order valence-corrected chi connectivity index (χ4v) is 3.02. The van der Waals surface area contributed by atoms with Crippen LogP contribution in [0.2, 0.25) is 0 Å². The number of para-hydroxylation sites is 2. The molecule has 0 radical (unpaired) electrons. The first-order chi connectivity index (χ1) is 14.2. The number of aromatic nitrogens is 2. The lowest BCUT2D eigenvalue weighted by Crippen LogP contribution is -2.24. The van der Waals surface area contributed by atoms with Crippen LogP contribution in [0.15, 0.2) is 59.7 Å². The summed E-state index contributed by atoms with van der Waals surface area (Å²) < 4.78 is 17.8. The molecule has 1 heterocycles. The molecule has 152 valence electrons. The Labute approximate surface area is 169 Å². The number of nitrogens with one attached hydrogen (secondary N) is 1. The van der Waals surface area contributed by atoms with Gasteiger partial charge in [0.05, 0.1) is 26.5 Å². The number of rotatable bonds is 9. The SMILES string of the molecule is CCOc1ccccc1-n1ccnc(NCCc2ccc(OC)c(OC)c2)c1=O. The molecule has 0 aliphatic heterocycles. The van der Waals surface area contributed by atoms with Crippen molar-refractivity contribution in [2.75, 3.05) is 32.7 Å². The average molecular weight is 395 g/mol. The van der Waals surface area contributed by atoms with Crippen LogP contribution in [0.3, 0.4) is 0 Å². The summed E-state index contributed by atoms with van der Waals surface area (Å²) >= 11 is 0. The molecule has 7 nitrogen and oxygen atoms in total. The lowest BCUT2D eigenvalue weighted by molar-refractivity contribution is 0.339. The number of anilines is 1. The third kappa shape index (κ3) is 4.68. The summed E-state index contributed by atoms with van der Waals surface area (Å²) in [5.41, 5.74) is 1.52. The van der Waals surface area contributed by atoms with E-state index in [0.717, 1.165) is 5.56 Å². The highest BCUT2D eigenvalue weighted by atomic mass is 16.5. The van der Waals surface area contributed by atoms with E-state index in [9.17, 15) is 4.79 Å². The highest BCUT2D eigenvalue weighted by molar-refractivity contribution is 5.48. The van der Waals surface area contributed by atoms with Gasteiger partial charge in [-0.15, -0.1) is 0 Å². The highest BCUT2D eigenvalue weighted by Crippen LogP contribution is 2.27. The van der Waals surface area contributed by atoms with E-state index in [1.807, 2.05) is 49.4 Å². The van der Waals surface area contributed by atoms with Gasteiger partial charge in [-0.1, -0.05) is 18.2 Å². The fraction of sp³-hybridized carbons (Fsp3) is 0.273. The van der Waals surface area contributed by atoms with Crippen LogP contribution < -0.4 is 25.1 Å². The molecule has 0 saturated carbocycles. The molecule has 0 atom stereocenters. The van der Waals surface area contributed by atoms with E-state index in [4.69, 9.17) is 14.2 Å². The molecule has 7 heteroatoms. The van der Waals surface area contributed by atoms with Gasteiger partial charge in [0.1, 0.15) is 5.75 Å². The van der Waals surface area contributed by atoms with Gasteiger partial charge in [-0.3, -0.25) is 9.36 Å². The van der Waals surface area contributed by atoms with E-state index in [1.165, 1.54) is 4.57 Å². The van der Waals surface area contributed by atoms with Gasteiger partial charge in [0.15, 0.2) is 17.3 Å². The summed E-state index contributed by atoms with van der Waals surface area (Å²) in [6, 6.07) is 13.2. The van der Waals surface area contributed by atoms with E-state index in [0.29, 0.717) is 48.3 Å². The van der Waals surface area contributed by atoms with Crippen molar-refractivity contribution in [2.24, 2.45) is 0 Å². The van der Waals surface area contributed by atoms with E-state index < -0.39 is 0 Å². The predicted octanol–water partition coefficient (Wildman–Crippen LogP) is 3.30. The summed E-state index contributed by atoms with van der Waals surface area (Å²) in [6.45, 7) is 2.98. The van der Waals surface area contributed by atoms with Gasteiger partial charge in [0.25, 0.3) is 5.56 Å². The zero-order chi connectivity index (χ0) is 20.6. The first-order valence-corrected chi connectivity index (χ1v) is 9.42. The van der Waals surface area contributed by atoms with Crippen LogP contribution in [-0.4, -0.2) is 36.9 Å². The van der Waals surface area contributed by atoms with Crippen LogP contribution in [0.25, 0.3) is 5.69 Å². The summed E-state index contributed by atoms with van der Waals surface area (Å²) in [6.07, 6.45) is 3.94. The Kier molecular flexibility index (Phi) is 6.73. The molecule has 0 aliphatic rings. The van der Waals surface area contributed by atoms with E-state index >= 15 is 0 Å². The third-order valence-corrected chi connectivity index (χ3v) is 4.42. The van der Waals surface area contributed by atoms with Gasteiger partial charge in [0.2, 0.25) is 0 Å². The lowest BCUT2D eigenvalue weighted by atomic mass is 10.1. The quantitative estimate of drug-likeness (QED) is 0.599. The number of hydrogen-bond donors (Lipinski definition) is 1. The standard InChI is InChI=1S/C22H25N3O4/c1-4-29-18-8-6-5-7-17(18)25-14-13-24-21(22(25)26)23-12-11-16-9-10-19(27-2)20(15-16)28-3/h5-10,13-15H,4,11-12H2,1-3H3,(H,23,24). The molecular weight excluding hydrogens is 370 g/mol. The number of ether oxygens (including phenoxy) is 3. The Morgan fingerprint density at radius 1 is 1.03 bits per heavy atom. The predicted molar refractivity (Wildman–Crippen MR) is 113 cm³/mol. The van der Waals surface area contributed by atoms with Gasteiger partial charge in [-0.25, -0.2) is 4.98 Å². The van der Waals surface area contributed by atoms with E-state index in [1.54, 1.807) is 26.6 Å². The summed E-state index contributed by atoms with van der Waals surface area (Å²) in [7, 11) is 3.21. The first-order valence-electron chi connectivity index (χ1n) is 9.42. The zero-order valence-electron chi connectivity index (χ0n) is 16.8. The Morgan fingerprint density at radius 2 is 1.83 bits per heavy atom. The molecule has 0 saturated heterocycles. The third-order valence-electron chi connectivity index (χ3n) is 4.42. The monoisotopic (exact) mass is 395 g/mol. The van der Waals surface area contributed by atoms with Crippen LogP contribution in [-0.2, 0) is 6.42 Å². The number of benzene rings is 2. The van der Waals surface area contributed by atoms with Crippen molar-refractivity contribution in [3.8, 4) is 22.9 Å². The van der Waals surface area contributed by atoms with Crippen LogP contribution in [0.5, 0.6) is 17.2 Å². The van der Waals surface area contributed by atoms with Crippen LogP contribution in [0, 0.1) is 0 Å². The Morgan fingerprint density at radius 3 is 2.59 bits per heavy atom. The Balaban J connectivity index is 1.75. The van der Waals surface area contributed by atoms with Crippen molar-refractivity contribution in [1.82, 2.24) is 9.55 Å². The second kappa shape index (κ2) is 9.64. The maximum atomic E-state index is 12.9. The molecule has 0 unspecified atom stereocenters. The Hall–Kier alpha value is -3.48. The maximum Gasteiger partial charge on any atom is 0.297 e. The largest absolute Gasteiger partial charge is 0.493 e. The minimum absolute atomic E-state index is 0.230. The van der Waals surface area contributed by atoms with Crippen LogP contribution >= 0.6 is 0 Å². The van der Waals surface area contributed by atoms with Crippen molar-refractivity contribution in [1.29, 1.82) is 0 Å². The highest BCUT2D eigenvalue weighted by Gasteiger charge is 2.11. The van der Waals surface area contributed by atoms with E-state index in [2.05, 4.69) is 10.3 Å². The topological polar surface area (TPSA) is 74.6 Å². The number of nitrogens with zero attached hydrogens (tertiary/aromatic N) is 2. The molecule has 0 bridgehead atoms. The molecule has 0 aliphatic carbocycles. The normalized spacial score (nSPS) is 10.4. The molecule has 2 aromatic carbocycles. The molecule has 1 aromatic heterocycles. The summed E-state index contributed by atoms with van der Waals surface area (Å²) in [4.78, 5) is 17.1. The zero-order valence-corrected chi connectivity index (χ0v) is 16.8. The molecule has 0 fully saturated rings. The maximum absolute atomic E-state index is 12.9. The second-order valence-corrected chi connectivity index (χ2v) is 6.22. The molecule has 3 aromatic rings. The van der Waals surface area contributed by atoms with Crippen LogP contribution in [0.4, 0.5) is 5.82 Å². The fourth-order valence-electron chi connectivity index (χ4n) is 3.02. The van der Waals surface area contributed by atoms with Gasteiger partial charge < -0.3 is 19.5 Å². The number of methoxy groups -OCH3 is 2. The smallest absolute Gasteiger partial charge is 0.297 e. The summed E-state index contributed by atoms with van der Waals surface area (Å²) in [5.74, 6) is 2.31. The van der Waals surface area contributed by atoms with Crippen molar-refractivity contribution in [3.63, 3.8) is 0 Å². The molecule has 29 heavy (non-hydrogen) atoms. The lowest BCUT2D eigenvalue weighted by Gasteiger charge is -2.13. The molecule has 0 amide bonds. The van der Waals surface area contributed by atoms with Crippen molar-refractivity contribution in [2.45, 2.75) is 13.3 Å². The van der Waals surface area contributed by atoms with Gasteiger partial charge >= 0.3 is 0 Å². The van der Waals surface area contributed by atoms with Gasteiger partial charge in [0, 0.05) is 18.9 Å². The van der Waals surface area contributed by atoms with E-state index in [-0.39, 0.29) is 5.56 Å². The Bertz CT molecular complexity index is 1020. The van der Waals surface area contributed by atoms with Gasteiger partial charge in [-0.2, -0.15) is 0 Å². The number of hydrogen-bond acceptors (Lipinski definition) is 6. The summed E-state index contributed by atoms with van der Waals surface area (Å²) in [5, 5.41) is 3.13. The van der Waals surface area contributed by atoms with Gasteiger partial charge in [-0.05, 0) is 43.2 Å². The second-order valence-electron chi connectivity index (χ2n) is 6.22. The van der Waals surface area contributed by atoms with Crippen molar-refractivity contribution < 1.29 is 14.2 Å². The first kappa shape index (κ1) is 20.3. The average Bonchev–Trinajstić information content (AvgIpc) is 2.75.